The summed E-state index contributed by atoms with van der Waals surface area (Å²) in [5.41, 5.74) is 1.88. The maximum Gasteiger partial charge on any atom is 0.286 e. The zero-order valence-corrected chi connectivity index (χ0v) is 12.6. The lowest BCUT2D eigenvalue weighted by Gasteiger charge is -2.06. The van der Waals surface area contributed by atoms with Crippen LogP contribution in [0.5, 0.6) is 0 Å². The Hall–Kier alpha value is -1.58. The Bertz CT molecular complexity index is 629. The molecule has 2 aromatic rings. The van der Waals surface area contributed by atoms with Crippen molar-refractivity contribution in [2.24, 2.45) is 0 Å². The van der Waals surface area contributed by atoms with Crippen LogP contribution in [-0.4, -0.2) is 5.91 Å². The smallest absolute Gasteiger partial charge is 0.286 e. The molecule has 0 radical (unpaired) electrons. The number of aromatic nitrogens is 1. The van der Waals surface area contributed by atoms with E-state index in [4.69, 9.17) is 23.2 Å². The molecule has 0 aliphatic rings. The summed E-state index contributed by atoms with van der Waals surface area (Å²) < 4.78 is 1.89. The van der Waals surface area contributed by atoms with Gasteiger partial charge >= 0.3 is 0 Å². The van der Waals surface area contributed by atoms with Gasteiger partial charge in [0.1, 0.15) is 0 Å². The highest BCUT2D eigenvalue weighted by Crippen LogP contribution is 2.20. The van der Waals surface area contributed by atoms with Gasteiger partial charge in [-0.1, -0.05) is 35.3 Å². The standard InChI is InChI=1S/C15H14Cl2N2O/c1-11-4-2-3-7-19(11)10-15(20)18-9-12-5-6-13(16)8-14(12)17/h2-8H,9-10H2,1H3/p+1. The van der Waals surface area contributed by atoms with E-state index in [0.29, 0.717) is 16.6 Å². The van der Waals surface area contributed by atoms with Gasteiger partial charge < -0.3 is 5.32 Å². The molecule has 1 N–H and O–H groups in total. The van der Waals surface area contributed by atoms with Crippen molar-refractivity contribution in [3.8, 4) is 0 Å². The Balaban J connectivity index is 1.94. The van der Waals surface area contributed by atoms with Crippen LogP contribution in [0, 0.1) is 6.92 Å². The van der Waals surface area contributed by atoms with Crippen LogP contribution in [0.2, 0.25) is 10.0 Å². The number of carbonyl (C=O) groups is 1. The predicted octanol–water partition coefficient (Wildman–Crippen LogP) is 2.91. The van der Waals surface area contributed by atoms with Gasteiger partial charge in [0.2, 0.25) is 6.54 Å². The van der Waals surface area contributed by atoms with Gasteiger partial charge in [-0.2, -0.15) is 4.57 Å². The molecule has 0 atom stereocenters. The summed E-state index contributed by atoms with van der Waals surface area (Å²) in [6.07, 6.45) is 1.88. The summed E-state index contributed by atoms with van der Waals surface area (Å²) in [7, 11) is 0. The predicted molar refractivity (Wildman–Crippen MR) is 79.7 cm³/mol. The van der Waals surface area contributed by atoms with Crippen molar-refractivity contribution >= 4 is 29.1 Å². The summed E-state index contributed by atoms with van der Waals surface area (Å²) in [6.45, 7) is 2.64. The van der Waals surface area contributed by atoms with Gasteiger partial charge in [0.05, 0.1) is 0 Å². The minimum atomic E-state index is -0.0599. The van der Waals surface area contributed by atoms with Gasteiger partial charge in [0, 0.05) is 35.6 Å². The highest BCUT2D eigenvalue weighted by Gasteiger charge is 2.11. The molecule has 0 saturated carbocycles. The van der Waals surface area contributed by atoms with Crippen LogP contribution in [-0.2, 0) is 17.9 Å². The van der Waals surface area contributed by atoms with E-state index >= 15 is 0 Å². The molecule has 5 heteroatoms. The summed E-state index contributed by atoms with van der Waals surface area (Å²) in [5, 5.41) is 3.99. The fraction of sp³-hybridized carbons (Fsp3) is 0.200. The third-order valence-corrected chi connectivity index (χ3v) is 3.56. The Morgan fingerprint density at radius 1 is 1.25 bits per heavy atom. The van der Waals surface area contributed by atoms with E-state index in [1.165, 1.54) is 0 Å². The Kier molecular flexibility index (Phi) is 4.99. The van der Waals surface area contributed by atoms with Crippen LogP contribution in [0.1, 0.15) is 11.3 Å². The van der Waals surface area contributed by atoms with Crippen LogP contribution >= 0.6 is 23.2 Å². The Morgan fingerprint density at radius 3 is 2.75 bits per heavy atom. The number of aryl methyl sites for hydroxylation is 1. The number of rotatable bonds is 4. The zero-order valence-electron chi connectivity index (χ0n) is 11.1. The summed E-state index contributed by atoms with van der Waals surface area (Å²) in [5.74, 6) is -0.0599. The second-order valence-corrected chi connectivity index (χ2v) is 5.33. The zero-order chi connectivity index (χ0) is 14.5. The molecule has 0 spiro atoms. The van der Waals surface area contributed by atoms with Gasteiger partial charge in [-0.25, -0.2) is 0 Å². The van der Waals surface area contributed by atoms with Crippen LogP contribution in [0.4, 0.5) is 0 Å². The largest absolute Gasteiger partial charge is 0.346 e. The average Bonchev–Trinajstić information content (AvgIpc) is 2.40. The second-order valence-electron chi connectivity index (χ2n) is 4.48. The molecule has 104 valence electrons. The van der Waals surface area contributed by atoms with Crippen LogP contribution < -0.4 is 9.88 Å². The molecule has 1 amide bonds. The lowest BCUT2D eigenvalue weighted by molar-refractivity contribution is -0.690. The number of amides is 1. The molecule has 2 rings (SSSR count). The Labute approximate surface area is 128 Å². The highest BCUT2D eigenvalue weighted by molar-refractivity contribution is 6.35. The van der Waals surface area contributed by atoms with Crippen molar-refractivity contribution in [3.63, 3.8) is 0 Å². The number of nitrogens with one attached hydrogen (secondary N) is 1. The number of pyridine rings is 1. The number of benzene rings is 1. The number of hydrogen-bond acceptors (Lipinski definition) is 1. The van der Waals surface area contributed by atoms with Gasteiger partial charge in [-0.3, -0.25) is 4.79 Å². The van der Waals surface area contributed by atoms with Crippen LogP contribution in [0.25, 0.3) is 0 Å². The third-order valence-electron chi connectivity index (χ3n) is 2.97. The van der Waals surface area contributed by atoms with E-state index in [1.807, 2.05) is 42.0 Å². The molecule has 1 aromatic carbocycles. The van der Waals surface area contributed by atoms with Crippen molar-refractivity contribution in [1.29, 1.82) is 0 Å². The molecule has 20 heavy (non-hydrogen) atoms. The minimum Gasteiger partial charge on any atom is -0.346 e. The van der Waals surface area contributed by atoms with Gasteiger partial charge in [0.15, 0.2) is 11.9 Å². The Morgan fingerprint density at radius 2 is 2.05 bits per heavy atom. The van der Waals surface area contributed by atoms with Crippen molar-refractivity contribution in [2.75, 3.05) is 0 Å². The van der Waals surface area contributed by atoms with Crippen molar-refractivity contribution in [3.05, 3.63) is 63.9 Å². The molecule has 0 aliphatic carbocycles. The van der Waals surface area contributed by atoms with Crippen molar-refractivity contribution < 1.29 is 9.36 Å². The quantitative estimate of drug-likeness (QED) is 0.866. The van der Waals surface area contributed by atoms with E-state index in [0.717, 1.165) is 11.3 Å². The second kappa shape index (κ2) is 6.73. The first-order valence-corrected chi connectivity index (χ1v) is 6.97. The van der Waals surface area contributed by atoms with Gasteiger partial charge in [-0.15, -0.1) is 0 Å². The first-order chi connectivity index (χ1) is 9.56. The number of carbonyl (C=O) groups excluding carboxylic acids is 1. The SMILES string of the molecule is Cc1cccc[n+]1CC(=O)NCc1ccc(Cl)cc1Cl. The molecule has 0 saturated heterocycles. The summed E-state index contributed by atoms with van der Waals surface area (Å²) >= 11 is 11.9. The normalized spacial score (nSPS) is 10.3. The third kappa shape index (κ3) is 3.95. The monoisotopic (exact) mass is 309 g/mol. The van der Waals surface area contributed by atoms with E-state index in [1.54, 1.807) is 12.1 Å². The number of hydrogen-bond donors (Lipinski definition) is 1. The van der Waals surface area contributed by atoms with E-state index in [2.05, 4.69) is 5.32 Å². The molecule has 1 heterocycles. The average molecular weight is 310 g/mol. The first-order valence-electron chi connectivity index (χ1n) is 6.22. The highest BCUT2D eigenvalue weighted by atomic mass is 35.5. The molecular formula is C15H15Cl2N2O+. The van der Waals surface area contributed by atoms with Crippen LogP contribution in [0.15, 0.2) is 42.6 Å². The maximum atomic E-state index is 11.9. The molecule has 0 unspecified atom stereocenters. The fourth-order valence-corrected chi connectivity index (χ4v) is 2.28. The summed E-state index contributed by atoms with van der Waals surface area (Å²) in [4.78, 5) is 11.9. The lowest BCUT2D eigenvalue weighted by atomic mass is 10.2. The number of halogens is 2. The van der Waals surface area contributed by atoms with E-state index < -0.39 is 0 Å². The fourth-order valence-electron chi connectivity index (χ4n) is 1.81. The van der Waals surface area contributed by atoms with Gasteiger partial charge in [-0.05, 0) is 17.7 Å². The molecule has 0 bridgehead atoms. The maximum absolute atomic E-state index is 11.9. The first kappa shape index (κ1) is 14.8. The molecule has 3 nitrogen and oxygen atoms in total. The molecular weight excluding hydrogens is 295 g/mol. The number of nitrogens with zero attached hydrogens (tertiary/aromatic N) is 1. The lowest BCUT2D eigenvalue weighted by Crippen LogP contribution is -2.44. The molecule has 0 aliphatic heterocycles. The minimum absolute atomic E-state index is 0.0599. The summed E-state index contributed by atoms with van der Waals surface area (Å²) in [6, 6.07) is 11.0. The molecule has 0 fully saturated rings. The molecule has 1 aromatic heterocycles. The van der Waals surface area contributed by atoms with Crippen molar-refractivity contribution in [2.45, 2.75) is 20.0 Å². The van der Waals surface area contributed by atoms with E-state index in [-0.39, 0.29) is 12.5 Å². The van der Waals surface area contributed by atoms with Gasteiger partial charge in [0.25, 0.3) is 5.91 Å². The topological polar surface area (TPSA) is 33.0 Å². The van der Waals surface area contributed by atoms with E-state index in [9.17, 15) is 4.79 Å². The van der Waals surface area contributed by atoms with Crippen molar-refractivity contribution in [1.82, 2.24) is 5.32 Å². The van der Waals surface area contributed by atoms with Crippen LogP contribution in [0.3, 0.4) is 0 Å².